The average molecular weight is 210 g/mol. The molecule has 1 atom stereocenters. The summed E-state index contributed by atoms with van der Waals surface area (Å²) in [5.74, 6) is 0.922. The zero-order valence-electron chi connectivity index (χ0n) is 10.2. The Kier molecular flexibility index (Phi) is 4.45. The van der Waals surface area contributed by atoms with E-state index in [9.17, 15) is 0 Å². The standard InChI is InChI=1S/C13H26N2/c1-2-9-15(13-6-3-7-13)11-12-5-4-8-14-10-12/h12-14H,2-11H2,1H3. The molecule has 1 saturated heterocycles. The minimum atomic E-state index is 0.922. The molecule has 2 nitrogen and oxygen atoms in total. The van der Waals surface area contributed by atoms with Crippen LogP contribution in [0.3, 0.4) is 0 Å². The third kappa shape index (κ3) is 3.18. The minimum Gasteiger partial charge on any atom is -0.316 e. The van der Waals surface area contributed by atoms with Gasteiger partial charge in [-0.3, -0.25) is 0 Å². The first-order valence-corrected chi connectivity index (χ1v) is 6.85. The molecule has 1 aliphatic heterocycles. The summed E-state index contributed by atoms with van der Waals surface area (Å²) in [6, 6.07) is 0.937. The van der Waals surface area contributed by atoms with Gasteiger partial charge in [-0.15, -0.1) is 0 Å². The second-order valence-electron chi connectivity index (χ2n) is 5.29. The fourth-order valence-corrected chi connectivity index (χ4v) is 2.87. The Bertz CT molecular complexity index is 171. The van der Waals surface area contributed by atoms with E-state index in [0.717, 1.165) is 12.0 Å². The SMILES string of the molecule is CCCN(CC1CCCNC1)C1CCC1. The maximum atomic E-state index is 3.53. The third-order valence-corrected chi connectivity index (χ3v) is 3.99. The van der Waals surface area contributed by atoms with E-state index in [-0.39, 0.29) is 0 Å². The van der Waals surface area contributed by atoms with Crippen molar-refractivity contribution in [1.29, 1.82) is 0 Å². The summed E-state index contributed by atoms with van der Waals surface area (Å²) in [6.45, 7) is 7.48. The Morgan fingerprint density at radius 2 is 2.07 bits per heavy atom. The van der Waals surface area contributed by atoms with E-state index >= 15 is 0 Å². The van der Waals surface area contributed by atoms with Crippen molar-refractivity contribution in [3.63, 3.8) is 0 Å². The summed E-state index contributed by atoms with van der Waals surface area (Å²) in [6.07, 6.45) is 8.53. The molecule has 0 aromatic heterocycles. The number of nitrogens with one attached hydrogen (secondary N) is 1. The second-order valence-corrected chi connectivity index (χ2v) is 5.29. The van der Waals surface area contributed by atoms with Gasteiger partial charge in [0.15, 0.2) is 0 Å². The molecular formula is C13H26N2. The topological polar surface area (TPSA) is 15.3 Å². The molecule has 1 heterocycles. The molecule has 1 aliphatic carbocycles. The molecule has 0 radical (unpaired) electrons. The van der Waals surface area contributed by atoms with Crippen molar-refractivity contribution in [3.8, 4) is 0 Å². The minimum absolute atomic E-state index is 0.922. The van der Waals surface area contributed by atoms with Crippen LogP contribution in [-0.2, 0) is 0 Å². The van der Waals surface area contributed by atoms with Crippen LogP contribution < -0.4 is 5.32 Å². The van der Waals surface area contributed by atoms with Crippen LogP contribution in [0.25, 0.3) is 0 Å². The van der Waals surface area contributed by atoms with Crippen molar-refractivity contribution in [1.82, 2.24) is 10.2 Å². The van der Waals surface area contributed by atoms with Crippen LogP contribution in [-0.4, -0.2) is 37.1 Å². The normalized spacial score (nSPS) is 28.0. The van der Waals surface area contributed by atoms with E-state index in [1.807, 2.05) is 0 Å². The van der Waals surface area contributed by atoms with Crippen LogP contribution in [0.4, 0.5) is 0 Å². The molecule has 0 aromatic rings. The molecule has 1 unspecified atom stereocenters. The summed E-state index contributed by atoms with van der Waals surface area (Å²) >= 11 is 0. The molecule has 2 heteroatoms. The van der Waals surface area contributed by atoms with Gasteiger partial charge in [0, 0.05) is 12.6 Å². The zero-order chi connectivity index (χ0) is 10.5. The molecule has 1 N–H and O–H groups in total. The molecule has 1 saturated carbocycles. The Morgan fingerprint density at radius 1 is 1.20 bits per heavy atom. The van der Waals surface area contributed by atoms with Gasteiger partial charge in [-0.05, 0) is 57.7 Å². The van der Waals surface area contributed by atoms with Gasteiger partial charge in [0.2, 0.25) is 0 Å². The summed E-state index contributed by atoms with van der Waals surface area (Å²) in [5.41, 5.74) is 0. The van der Waals surface area contributed by atoms with Crippen molar-refractivity contribution in [2.75, 3.05) is 26.2 Å². The molecule has 2 aliphatic rings. The molecule has 2 fully saturated rings. The summed E-state index contributed by atoms with van der Waals surface area (Å²) in [7, 11) is 0. The number of nitrogens with zero attached hydrogens (tertiary/aromatic N) is 1. The first-order chi connectivity index (χ1) is 7.40. The van der Waals surface area contributed by atoms with Gasteiger partial charge in [-0.1, -0.05) is 13.3 Å². The fourth-order valence-electron chi connectivity index (χ4n) is 2.87. The average Bonchev–Trinajstić information content (AvgIpc) is 2.17. The van der Waals surface area contributed by atoms with Crippen LogP contribution in [0, 0.1) is 5.92 Å². The van der Waals surface area contributed by atoms with Crippen molar-refractivity contribution >= 4 is 0 Å². The lowest BCUT2D eigenvalue weighted by Crippen LogP contribution is -2.46. The highest BCUT2D eigenvalue weighted by molar-refractivity contribution is 4.82. The first kappa shape index (κ1) is 11.4. The van der Waals surface area contributed by atoms with Crippen LogP contribution in [0.5, 0.6) is 0 Å². The maximum absolute atomic E-state index is 3.53. The van der Waals surface area contributed by atoms with Crippen LogP contribution in [0.2, 0.25) is 0 Å². The highest BCUT2D eigenvalue weighted by Gasteiger charge is 2.26. The number of piperidine rings is 1. The van der Waals surface area contributed by atoms with Gasteiger partial charge in [0.25, 0.3) is 0 Å². The van der Waals surface area contributed by atoms with Crippen molar-refractivity contribution in [2.24, 2.45) is 5.92 Å². The van der Waals surface area contributed by atoms with Gasteiger partial charge in [0.05, 0.1) is 0 Å². The smallest absolute Gasteiger partial charge is 0.00954 e. The van der Waals surface area contributed by atoms with E-state index in [1.165, 1.54) is 64.7 Å². The summed E-state index contributed by atoms with van der Waals surface area (Å²) < 4.78 is 0. The van der Waals surface area contributed by atoms with Gasteiger partial charge in [-0.2, -0.15) is 0 Å². The van der Waals surface area contributed by atoms with Gasteiger partial charge in [0.1, 0.15) is 0 Å². The number of rotatable bonds is 5. The van der Waals surface area contributed by atoms with E-state index < -0.39 is 0 Å². The molecule has 0 amide bonds. The Hall–Kier alpha value is -0.0800. The van der Waals surface area contributed by atoms with E-state index in [1.54, 1.807) is 0 Å². The lowest BCUT2D eigenvalue weighted by Gasteiger charge is -2.40. The second kappa shape index (κ2) is 5.86. The summed E-state index contributed by atoms with van der Waals surface area (Å²) in [5, 5.41) is 3.53. The van der Waals surface area contributed by atoms with Gasteiger partial charge >= 0.3 is 0 Å². The number of hydrogen-bond donors (Lipinski definition) is 1. The van der Waals surface area contributed by atoms with Crippen molar-refractivity contribution in [3.05, 3.63) is 0 Å². The first-order valence-electron chi connectivity index (χ1n) is 6.85. The Balaban J connectivity index is 1.76. The largest absolute Gasteiger partial charge is 0.316 e. The van der Waals surface area contributed by atoms with Crippen molar-refractivity contribution in [2.45, 2.75) is 51.5 Å². The van der Waals surface area contributed by atoms with Crippen LogP contribution >= 0.6 is 0 Å². The lowest BCUT2D eigenvalue weighted by molar-refractivity contribution is 0.100. The Labute approximate surface area is 94.4 Å². The van der Waals surface area contributed by atoms with E-state index in [2.05, 4.69) is 17.1 Å². The molecular weight excluding hydrogens is 184 g/mol. The molecule has 0 spiro atoms. The fraction of sp³-hybridized carbons (Fsp3) is 1.00. The molecule has 2 rings (SSSR count). The monoisotopic (exact) mass is 210 g/mol. The zero-order valence-corrected chi connectivity index (χ0v) is 10.2. The van der Waals surface area contributed by atoms with Gasteiger partial charge < -0.3 is 10.2 Å². The third-order valence-electron chi connectivity index (χ3n) is 3.99. The van der Waals surface area contributed by atoms with Gasteiger partial charge in [-0.25, -0.2) is 0 Å². The predicted octanol–water partition coefficient (Wildman–Crippen LogP) is 2.25. The summed E-state index contributed by atoms with van der Waals surface area (Å²) in [4.78, 5) is 2.77. The Morgan fingerprint density at radius 3 is 2.60 bits per heavy atom. The van der Waals surface area contributed by atoms with Crippen LogP contribution in [0.15, 0.2) is 0 Å². The van der Waals surface area contributed by atoms with E-state index in [4.69, 9.17) is 0 Å². The van der Waals surface area contributed by atoms with Crippen molar-refractivity contribution < 1.29 is 0 Å². The maximum Gasteiger partial charge on any atom is 0.00954 e. The highest BCUT2D eigenvalue weighted by atomic mass is 15.2. The predicted molar refractivity (Wildman–Crippen MR) is 65.1 cm³/mol. The van der Waals surface area contributed by atoms with E-state index in [0.29, 0.717) is 0 Å². The molecule has 0 aromatic carbocycles. The molecule has 0 bridgehead atoms. The highest BCUT2D eigenvalue weighted by Crippen LogP contribution is 2.26. The molecule has 15 heavy (non-hydrogen) atoms. The molecule has 88 valence electrons. The quantitative estimate of drug-likeness (QED) is 0.749. The lowest BCUT2D eigenvalue weighted by atomic mass is 9.89. The number of hydrogen-bond acceptors (Lipinski definition) is 2. The van der Waals surface area contributed by atoms with Crippen LogP contribution in [0.1, 0.15) is 45.4 Å².